The molecule has 1 aliphatic rings. The highest BCUT2D eigenvalue weighted by atomic mass is 16.5. The maximum absolute atomic E-state index is 10.1. The summed E-state index contributed by atoms with van der Waals surface area (Å²) in [5, 5.41) is 10.1. The van der Waals surface area contributed by atoms with Gasteiger partial charge >= 0.3 is 0 Å². The number of hydrogen-bond donors (Lipinski definition) is 1. The summed E-state index contributed by atoms with van der Waals surface area (Å²) in [4.78, 5) is 2.45. The second-order valence-corrected chi connectivity index (χ2v) is 5.66. The first-order valence-electron chi connectivity index (χ1n) is 7.70. The van der Waals surface area contributed by atoms with Gasteiger partial charge in [0.05, 0.1) is 25.4 Å². The average molecular weight is 273 g/mol. The topological polar surface area (TPSA) is 41.9 Å². The van der Waals surface area contributed by atoms with Crippen molar-refractivity contribution in [1.29, 1.82) is 0 Å². The molecule has 0 aromatic carbocycles. The summed E-state index contributed by atoms with van der Waals surface area (Å²) >= 11 is 0. The van der Waals surface area contributed by atoms with Gasteiger partial charge in [-0.1, -0.05) is 19.8 Å². The fraction of sp³-hybridized carbons (Fsp3) is 1.00. The minimum Gasteiger partial charge on any atom is -0.389 e. The number of aliphatic hydroxyl groups is 1. The van der Waals surface area contributed by atoms with E-state index in [1.807, 2.05) is 6.92 Å². The molecule has 1 heterocycles. The Morgan fingerprint density at radius 3 is 2.74 bits per heavy atom. The minimum absolute atomic E-state index is 0.0470. The van der Waals surface area contributed by atoms with Crippen molar-refractivity contribution in [3.05, 3.63) is 0 Å². The summed E-state index contributed by atoms with van der Waals surface area (Å²) in [7, 11) is 1.67. The highest BCUT2D eigenvalue weighted by Crippen LogP contribution is 2.19. The van der Waals surface area contributed by atoms with Gasteiger partial charge in [-0.05, 0) is 32.7 Å². The SMILES string of the molecule is CCC1CCCCCN1CC(O)COC(C)COC. The number of likely N-dealkylation sites (tertiary alicyclic amines) is 1. The third kappa shape index (κ3) is 6.70. The van der Waals surface area contributed by atoms with Gasteiger partial charge in [-0.15, -0.1) is 0 Å². The van der Waals surface area contributed by atoms with Gasteiger partial charge in [-0.25, -0.2) is 0 Å². The van der Waals surface area contributed by atoms with Gasteiger partial charge < -0.3 is 14.6 Å². The molecule has 114 valence electrons. The number of ether oxygens (including phenoxy) is 2. The highest BCUT2D eigenvalue weighted by molar-refractivity contribution is 4.76. The second kappa shape index (κ2) is 9.70. The van der Waals surface area contributed by atoms with Crippen LogP contribution in [-0.2, 0) is 9.47 Å². The molecular formula is C15H31NO3. The number of nitrogens with zero attached hydrogens (tertiary/aromatic N) is 1. The summed E-state index contributed by atoms with van der Waals surface area (Å²) in [6, 6.07) is 0.633. The molecule has 0 aromatic rings. The van der Waals surface area contributed by atoms with Crippen molar-refractivity contribution < 1.29 is 14.6 Å². The van der Waals surface area contributed by atoms with Crippen molar-refractivity contribution in [2.75, 3.05) is 33.4 Å². The fourth-order valence-corrected chi connectivity index (χ4v) is 2.82. The van der Waals surface area contributed by atoms with Gasteiger partial charge in [0.25, 0.3) is 0 Å². The molecule has 1 fully saturated rings. The first kappa shape index (κ1) is 16.9. The Labute approximate surface area is 118 Å². The maximum Gasteiger partial charge on any atom is 0.0900 e. The Balaban J connectivity index is 2.30. The van der Waals surface area contributed by atoms with Crippen LogP contribution in [0.3, 0.4) is 0 Å². The number of hydrogen-bond acceptors (Lipinski definition) is 4. The van der Waals surface area contributed by atoms with Gasteiger partial charge in [0.15, 0.2) is 0 Å². The molecule has 0 aromatic heterocycles. The molecule has 0 aliphatic carbocycles. The smallest absolute Gasteiger partial charge is 0.0900 e. The van der Waals surface area contributed by atoms with Crippen molar-refractivity contribution in [2.24, 2.45) is 0 Å². The van der Waals surface area contributed by atoms with E-state index in [9.17, 15) is 5.11 Å². The lowest BCUT2D eigenvalue weighted by molar-refractivity contribution is -0.0428. The molecule has 0 amide bonds. The second-order valence-electron chi connectivity index (χ2n) is 5.66. The molecule has 1 N–H and O–H groups in total. The molecule has 1 saturated heterocycles. The lowest BCUT2D eigenvalue weighted by Gasteiger charge is -2.31. The third-order valence-corrected chi connectivity index (χ3v) is 3.89. The average Bonchev–Trinajstić information content (AvgIpc) is 2.62. The Bertz CT molecular complexity index is 225. The van der Waals surface area contributed by atoms with Crippen LogP contribution in [0.4, 0.5) is 0 Å². The van der Waals surface area contributed by atoms with Crippen LogP contribution in [-0.4, -0.2) is 61.7 Å². The van der Waals surface area contributed by atoms with Crippen LogP contribution in [0, 0.1) is 0 Å². The summed E-state index contributed by atoms with van der Waals surface area (Å²) in [5.41, 5.74) is 0. The predicted molar refractivity (Wildman–Crippen MR) is 77.4 cm³/mol. The fourth-order valence-electron chi connectivity index (χ4n) is 2.82. The number of rotatable bonds is 8. The van der Waals surface area contributed by atoms with Crippen molar-refractivity contribution in [1.82, 2.24) is 4.90 Å². The summed E-state index contributed by atoms with van der Waals surface area (Å²) in [6.45, 7) is 7.04. The Morgan fingerprint density at radius 2 is 2.05 bits per heavy atom. The molecule has 0 spiro atoms. The molecule has 4 heteroatoms. The largest absolute Gasteiger partial charge is 0.389 e. The number of β-amino-alcohol motifs (C(OH)–C–C–N with tert-alkyl or cyclic N) is 1. The quantitative estimate of drug-likeness (QED) is 0.735. The lowest BCUT2D eigenvalue weighted by atomic mass is 10.1. The molecule has 0 radical (unpaired) electrons. The zero-order valence-corrected chi connectivity index (χ0v) is 12.8. The van der Waals surface area contributed by atoms with E-state index in [-0.39, 0.29) is 6.10 Å². The normalized spacial score (nSPS) is 24.9. The minimum atomic E-state index is -0.397. The van der Waals surface area contributed by atoms with Crippen LogP contribution in [0.1, 0.15) is 46.0 Å². The van der Waals surface area contributed by atoms with Gasteiger partial charge in [0.1, 0.15) is 0 Å². The molecular weight excluding hydrogens is 242 g/mol. The van der Waals surface area contributed by atoms with Crippen molar-refractivity contribution in [3.8, 4) is 0 Å². The zero-order chi connectivity index (χ0) is 14.1. The lowest BCUT2D eigenvalue weighted by Crippen LogP contribution is -2.41. The van der Waals surface area contributed by atoms with E-state index < -0.39 is 6.10 Å². The molecule has 4 nitrogen and oxygen atoms in total. The molecule has 1 aliphatic heterocycles. The number of aliphatic hydroxyl groups excluding tert-OH is 1. The molecule has 3 unspecified atom stereocenters. The number of methoxy groups -OCH3 is 1. The van der Waals surface area contributed by atoms with Crippen LogP contribution < -0.4 is 0 Å². The van der Waals surface area contributed by atoms with Gasteiger partial charge in [0.2, 0.25) is 0 Å². The van der Waals surface area contributed by atoms with Crippen molar-refractivity contribution in [2.45, 2.75) is 64.2 Å². The van der Waals surface area contributed by atoms with E-state index in [1.54, 1.807) is 7.11 Å². The van der Waals surface area contributed by atoms with E-state index >= 15 is 0 Å². The van der Waals surface area contributed by atoms with Crippen LogP contribution in [0.2, 0.25) is 0 Å². The van der Waals surface area contributed by atoms with Crippen molar-refractivity contribution >= 4 is 0 Å². The van der Waals surface area contributed by atoms with E-state index in [1.165, 1.54) is 32.1 Å². The molecule has 3 atom stereocenters. The molecule has 1 rings (SSSR count). The predicted octanol–water partition coefficient (Wildman–Crippen LogP) is 2.05. The molecule has 19 heavy (non-hydrogen) atoms. The monoisotopic (exact) mass is 273 g/mol. The van der Waals surface area contributed by atoms with Crippen molar-refractivity contribution in [3.63, 3.8) is 0 Å². The Kier molecular flexibility index (Phi) is 8.62. The van der Waals surface area contributed by atoms with Crippen LogP contribution in [0.15, 0.2) is 0 Å². The summed E-state index contributed by atoms with van der Waals surface area (Å²) in [5.74, 6) is 0. The van der Waals surface area contributed by atoms with E-state index in [0.717, 1.165) is 13.1 Å². The maximum atomic E-state index is 10.1. The summed E-state index contributed by atoms with van der Waals surface area (Å²) < 4.78 is 10.6. The summed E-state index contributed by atoms with van der Waals surface area (Å²) in [6.07, 6.45) is 6.00. The van der Waals surface area contributed by atoms with Crippen LogP contribution in [0.5, 0.6) is 0 Å². The van der Waals surface area contributed by atoms with E-state index in [2.05, 4.69) is 11.8 Å². The molecule has 0 saturated carbocycles. The van der Waals surface area contributed by atoms with E-state index in [0.29, 0.717) is 19.3 Å². The highest BCUT2D eigenvalue weighted by Gasteiger charge is 2.22. The standard InChI is InChI=1S/C15H31NO3/c1-4-14-8-6-5-7-9-16(14)10-15(17)12-19-13(2)11-18-3/h13-15,17H,4-12H2,1-3H3. The van der Waals surface area contributed by atoms with Crippen LogP contribution >= 0.6 is 0 Å². The van der Waals surface area contributed by atoms with E-state index in [4.69, 9.17) is 9.47 Å². The van der Waals surface area contributed by atoms with Crippen LogP contribution in [0.25, 0.3) is 0 Å². The Hall–Kier alpha value is -0.160. The zero-order valence-electron chi connectivity index (χ0n) is 12.8. The first-order chi connectivity index (χ1) is 9.17. The van der Waals surface area contributed by atoms with Gasteiger partial charge in [-0.3, -0.25) is 4.90 Å². The third-order valence-electron chi connectivity index (χ3n) is 3.89. The van der Waals surface area contributed by atoms with Gasteiger partial charge in [0, 0.05) is 19.7 Å². The van der Waals surface area contributed by atoms with Gasteiger partial charge in [-0.2, -0.15) is 0 Å². The Morgan fingerprint density at radius 1 is 1.26 bits per heavy atom. The first-order valence-corrected chi connectivity index (χ1v) is 7.70. The molecule has 0 bridgehead atoms.